The topological polar surface area (TPSA) is 86.3 Å². The van der Waals surface area contributed by atoms with Gasteiger partial charge in [-0.05, 0) is 44.2 Å². The average Bonchev–Trinajstić information content (AvgIpc) is 3.42. The molecule has 0 spiro atoms. The molecule has 1 aliphatic heterocycles. The molecule has 1 unspecified atom stereocenters. The van der Waals surface area contributed by atoms with Crippen LogP contribution < -0.4 is 4.90 Å². The quantitative estimate of drug-likeness (QED) is 0.423. The molecule has 0 saturated heterocycles. The van der Waals surface area contributed by atoms with E-state index in [9.17, 15) is 19.1 Å². The number of fused-ring (bicyclic) bond motifs is 1. The predicted octanol–water partition coefficient (Wildman–Crippen LogP) is 5.16. The summed E-state index contributed by atoms with van der Waals surface area (Å²) in [5.41, 5.74) is 2.39. The second-order valence-corrected chi connectivity index (χ2v) is 8.79. The molecule has 1 atom stereocenters. The first kappa shape index (κ1) is 20.1. The van der Waals surface area contributed by atoms with Crippen molar-refractivity contribution in [3.8, 4) is 0 Å². The van der Waals surface area contributed by atoms with Crippen molar-refractivity contribution in [2.75, 3.05) is 4.90 Å². The molecule has 32 heavy (non-hydrogen) atoms. The molecule has 2 aromatic heterocycles. The molecule has 160 valence electrons. The molecule has 1 amide bonds. The van der Waals surface area contributed by atoms with Crippen molar-refractivity contribution in [2.24, 2.45) is 0 Å². The molecule has 8 heteroatoms. The van der Waals surface area contributed by atoms with Crippen LogP contribution in [0, 0.1) is 19.7 Å². The number of carbonyl (C=O) groups excluding carboxylic acids is 2. The summed E-state index contributed by atoms with van der Waals surface area (Å²) in [6, 6.07) is 12.0. The summed E-state index contributed by atoms with van der Waals surface area (Å²) in [4.78, 5) is 36.0. The standard InChI is InChI=1S/C24H18FN3O3S/c1-12-23(32-13(2)27-12)21(29)19-20(17-11-26-18-6-4-3-5-16(17)18)28(24(31)22(19)30)15-9-7-14(25)8-10-15/h3-11,20,26,30H,1-2H3. The van der Waals surface area contributed by atoms with Gasteiger partial charge in [-0.1, -0.05) is 18.2 Å². The first-order valence-electron chi connectivity index (χ1n) is 9.94. The SMILES string of the molecule is Cc1nc(C)c(C(=O)C2=C(O)C(=O)N(c3ccc(F)cc3)C2c2c[nH]c3ccccc23)s1. The number of aromatic nitrogens is 2. The van der Waals surface area contributed by atoms with Gasteiger partial charge in [0.05, 0.1) is 27.2 Å². The van der Waals surface area contributed by atoms with Crippen LogP contribution >= 0.6 is 11.3 Å². The summed E-state index contributed by atoms with van der Waals surface area (Å²) in [6.07, 6.45) is 1.73. The second kappa shape index (κ2) is 7.42. The lowest BCUT2D eigenvalue weighted by atomic mass is 9.94. The number of rotatable bonds is 4. The van der Waals surface area contributed by atoms with Gasteiger partial charge in [0, 0.05) is 28.4 Å². The van der Waals surface area contributed by atoms with Gasteiger partial charge in [0.15, 0.2) is 5.76 Å². The van der Waals surface area contributed by atoms with E-state index in [-0.39, 0.29) is 5.57 Å². The third kappa shape index (κ3) is 3.03. The molecule has 2 N–H and O–H groups in total. The van der Waals surface area contributed by atoms with E-state index in [0.29, 0.717) is 26.8 Å². The van der Waals surface area contributed by atoms with Gasteiger partial charge < -0.3 is 10.1 Å². The number of H-pyrrole nitrogens is 1. The normalized spacial score (nSPS) is 16.4. The Morgan fingerprint density at radius 2 is 1.88 bits per heavy atom. The lowest BCUT2D eigenvalue weighted by molar-refractivity contribution is -0.117. The number of Topliss-reactive ketones (excluding diaryl/α,β-unsaturated/α-hetero) is 1. The second-order valence-electron chi connectivity index (χ2n) is 7.58. The number of halogens is 1. The van der Waals surface area contributed by atoms with Crippen LogP contribution in [0.3, 0.4) is 0 Å². The molecular weight excluding hydrogens is 429 g/mol. The fraction of sp³-hybridized carbons (Fsp3) is 0.125. The van der Waals surface area contributed by atoms with Gasteiger partial charge in [0.2, 0.25) is 5.78 Å². The van der Waals surface area contributed by atoms with Crippen molar-refractivity contribution < 1.29 is 19.1 Å². The number of hydrogen-bond acceptors (Lipinski definition) is 5. The predicted molar refractivity (Wildman–Crippen MR) is 120 cm³/mol. The Hall–Kier alpha value is -3.78. The highest BCUT2D eigenvalue weighted by atomic mass is 32.1. The van der Waals surface area contributed by atoms with E-state index in [0.717, 1.165) is 10.9 Å². The Balaban J connectivity index is 1.73. The van der Waals surface area contributed by atoms with E-state index in [1.165, 1.54) is 40.5 Å². The van der Waals surface area contributed by atoms with E-state index in [2.05, 4.69) is 9.97 Å². The van der Waals surface area contributed by atoms with Crippen LogP contribution in [0.1, 0.15) is 32.0 Å². The van der Waals surface area contributed by atoms with Crippen LogP contribution in [0.5, 0.6) is 0 Å². The molecule has 6 nitrogen and oxygen atoms in total. The molecule has 0 bridgehead atoms. The zero-order valence-electron chi connectivity index (χ0n) is 17.2. The monoisotopic (exact) mass is 447 g/mol. The fourth-order valence-electron chi connectivity index (χ4n) is 4.18. The van der Waals surface area contributed by atoms with Crippen molar-refractivity contribution in [1.29, 1.82) is 0 Å². The number of aromatic amines is 1. The number of aliphatic hydroxyl groups excluding tert-OH is 1. The smallest absolute Gasteiger partial charge is 0.294 e. The molecular formula is C24H18FN3O3S. The Bertz CT molecular complexity index is 1420. The van der Waals surface area contributed by atoms with E-state index < -0.39 is 29.3 Å². The number of amides is 1. The summed E-state index contributed by atoms with van der Waals surface area (Å²) in [7, 11) is 0. The maximum Gasteiger partial charge on any atom is 0.294 e. The molecule has 5 rings (SSSR count). The molecule has 0 fully saturated rings. The number of thiazole rings is 1. The average molecular weight is 447 g/mol. The van der Waals surface area contributed by atoms with E-state index in [1.54, 1.807) is 20.0 Å². The van der Waals surface area contributed by atoms with E-state index in [4.69, 9.17) is 0 Å². The Labute approximate surface area is 186 Å². The maximum atomic E-state index is 13.6. The van der Waals surface area contributed by atoms with E-state index >= 15 is 0 Å². The number of carbonyl (C=O) groups is 2. The summed E-state index contributed by atoms with van der Waals surface area (Å²) in [6.45, 7) is 3.52. The summed E-state index contributed by atoms with van der Waals surface area (Å²) < 4.78 is 13.6. The molecule has 3 heterocycles. The lowest BCUT2D eigenvalue weighted by Crippen LogP contribution is -2.31. The van der Waals surface area contributed by atoms with Crippen molar-refractivity contribution in [2.45, 2.75) is 19.9 Å². The fourth-order valence-corrected chi connectivity index (χ4v) is 5.06. The Kier molecular flexibility index (Phi) is 4.67. The Morgan fingerprint density at radius 3 is 2.56 bits per heavy atom. The number of ketones is 1. The number of aryl methyl sites for hydroxylation is 2. The summed E-state index contributed by atoms with van der Waals surface area (Å²) >= 11 is 1.22. The molecule has 0 aliphatic carbocycles. The lowest BCUT2D eigenvalue weighted by Gasteiger charge is -2.26. The van der Waals surface area contributed by atoms with Crippen molar-refractivity contribution in [3.63, 3.8) is 0 Å². The van der Waals surface area contributed by atoms with Crippen molar-refractivity contribution in [3.05, 3.63) is 93.0 Å². The highest BCUT2D eigenvalue weighted by Gasteiger charge is 2.46. The third-order valence-electron chi connectivity index (χ3n) is 5.58. The van der Waals surface area contributed by atoms with Crippen LogP contribution in [0.25, 0.3) is 10.9 Å². The largest absolute Gasteiger partial charge is 0.503 e. The molecule has 4 aromatic rings. The number of aliphatic hydroxyl groups is 1. The maximum absolute atomic E-state index is 13.6. The van der Waals surface area contributed by atoms with Crippen molar-refractivity contribution >= 4 is 39.6 Å². The first-order chi connectivity index (χ1) is 15.4. The first-order valence-corrected chi connectivity index (χ1v) is 10.8. The number of anilines is 1. The molecule has 1 aliphatic rings. The minimum atomic E-state index is -0.890. The van der Waals surface area contributed by atoms with Crippen LogP contribution in [0.2, 0.25) is 0 Å². The van der Waals surface area contributed by atoms with Gasteiger partial charge in [0.1, 0.15) is 5.82 Å². The van der Waals surface area contributed by atoms with Crippen LogP contribution in [-0.2, 0) is 4.79 Å². The number of benzene rings is 2. The third-order valence-corrected chi connectivity index (χ3v) is 6.65. The van der Waals surface area contributed by atoms with E-state index in [1.807, 2.05) is 24.3 Å². The van der Waals surface area contributed by atoms with Gasteiger partial charge in [-0.2, -0.15) is 0 Å². The van der Waals surface area contributed by atoms with Crippen LogP contribution in [0.4, 0.5) is 10.1 Å². The zero-order valence-corrected chi connectivity index (χ0v) is 18.0. The molecule has 2 aromatic carbocycles. The van der Waals surface area contributed by atoms with Gasteiger partial charge in [0.25, 0.3) is 5.91 Å². The number of hydrogen-bond donors (Lipinski definition) is 2. The highest BCUT2D eigenvalue weighted by molar-refractivity contribution is 7.14. The minimum absolute atomic E-state index is 0.0178. The molecule has 0 saturated carbocycles. The molecule has 0 radical (unpaired) electrons. The zero-order chi connectivity index (χ0) is 22.6. The highest BCUT2D eigenvalue weighted by Crippen LogP contribution is 2.44. The number of nitrogens with one attached hydrogen (secondary N) is 1. The number of para-hydroxylation sites is 1. The van der Waals surface area contributed by atoms with Gasteiger partial charge >= 0.3 is 0 Å². The number of nitrogens with zero attached hydrogens (tertiary/aromatic N) is 2. The minimum Gasteiger partial charge on any atom is -0.503 e. The van der Waals surface area contributed by atoms with Gasteiger partial charge in [-0.15, -0.1) is 11.3 Å². The summed E-state index contributed by atoms with van der Waals surface area (Å²) in [5, 5.41) is 12.4. The van der Waals surface area contributed by atoms with Crippen LogP contribution in [0.15, 0.2) is 66.1 Å². The summed E-state index contributed by atoms with van der Waals surface area (Å²) in [5.74, 6) is -2.22. The van der Waals surface area contributed by atoms with Gasteiger partial charge in [-0.3, -0.25) is 14.5 Å². The van der Waals surface area contributed by atoms with Crippen molar-refractivity contribution in [1.82, 2.24) is 9.97 Å². The Morgan fingerprint density at radius 1 is 1.16 bits per heavy atom. The van der Waals surface area contributed by atoms with Gasteiger partial charge in [-0.25, -0.2) is 9.37 Å². The van der Waals surface area contributed by atoms with Crippen LogP contribution in [-0.4, -0.2) is 26.8 Å².